The second kappa shape index (κ2) is 6.34. The Balaban J connectivity index is 2.14. The predicted octanol–water partition coefficient (Wildman–Crippen LogP) is 3.65. The van der Waals surface area contributed by atoms with E-state index >= 15 is 0 Å². The van der Waals surface area contributed by atoms with Crippen molar-refractivity contribution in [2.75, 3.05) is 11.9 Å². The van der Waals surface area contributed by atoms with Crippen LogP contribution in [-0.2, 0) is 6.54 Å². The third-order valence-electron chi connectivity index (χ3n) is 3.89. The summed E-state index contributed by atoms with van der Waals surface area (Å²) in [5.41, 5.74) is 2.17. The highest BCUT2D eigenvalue weighted by atomic mass is 16.6. The third kappa shape index (κ3) is 2.75. The van der Waals surface area contributed by atoms with Crippen molar-refractivity contribution in [1.29, 1.82) is 5.26 Å². The molecule has 3 aromatic rings. The molecule has 0 aliphatic rings. The maximum Gasteiger partial charge on any atom is 0.278 e. The molecule has 1 aromatic heterocycles. The highest BCUT2D eigenvalue weighted by Crippen LogP contribution is 2.35. The predicted molar refractivity (Wildman–Crippen MR) is 91.7 cm³/mol. The van der Waals surface area contributed by atoms with E-state index in [1.807, 2.05) is 36.2 Å². The fourth-order valence-electron chi connectivity index (χ4n) is 2.80. The van der Waals surface area contributed by atoms with Crippen LogP contribution >= 0.6 is 0 Å². The van der Waals surface area contributed by atoms with Crippen LogP contribution in [0.3, 0.4) is 0 Å². The van der Waals surface area contributed by atoms with Crippen LogP contribution in [-0.4, -0.2) is 17.0 Å². The number of benzene rings is 2. The molecule has 0 spiro atoms. The van der Waals surface area contributed by atoms with E-state index in [9.17, 15) is 15.4 Å². The molecule has 3 rings (SSSR count). The number of nitriles is 1. The van der Waals surface area contributed by atoms with Crippen LogP contribution in [0.2, 0.25) is 0 Å². The summed E-state index contributed by atoms with van der Waals surface area (Å²) in [5, 5.41) is 21.7. The van der Waals surface area contributed by atoms with E-state index in [1.165, 1.54) is 6.07 Å². The molecule has 0 atom stereocenters. The van der Waals surface area contributed by atoms with Crippen LogP contribution in [0.25, 0.3) is 10.8 Å². The zero-order chi connectivity index (χ0) is 17.1. The van der Waals surface area contributed by atoms with Gasteiger partial charge < -0.3 is 4.90 Å². The smallest absolute Gasteiger partial charge is 0.278 e. The Morgan fingerprint density at radius 2 is 1.96 bits per heavy atom. The lowest BCUT2D eigenvalue weighted by atomic mass is 10.0. The lowest BCUT2D eigenvalue weighted by Crippen LogP contribution is -2.16. The van der Waals surface area contributed by atoms with Crippen LogP contribution in [0.4, 0.5) is 11.4 Å². The number of fused-ring (bicyclic) bond motifs is 1. The standard InChI is InChI=1S/C18H14N4O2/c1-21(12-13-7-9-20-10-8-13)16-5-6-17(22(23)24)18-14(11-19)3-2-4-15(16)18/h2-10H,12H2,1H3. The molecule has 0 saturated carbocycles. The van der Waals surface area contributed by atoms with Gasteiger partial charge in [-0.05, 0) is 29.8 Å². The molecule has 0 amide bonds. The fraction of sp³-hybridized carbons (Fsp3) is 0.111. The zero-order valence-corrected chi connectivity index (χ0v) is 13.0. The van der Waals surface area contributed by atoms with Crippen molar-refractivity contribution in [1.82, 2.24) is 4.98 Å². The molecule has 1 heterocycles. The summed E-state index contributed by atoms with van der Waals surface area (Å²) in [7, 11) is 1.92. The van der Waals surface area contributed by atoms with Crippen LogP contribution < -0.4 is 4.90 Å². The number of pyridine rings is 1. The Morgan fingerprint density at radius 3 is 2.62 bits per heavy atom. The number of aromatic nitrogens is 1. The van der Waals surface area contributed by atoms with E-state index in [0.29, 0.717) is 22.9 Å². The van der Waals surface area contributed by atoms with Gasteiger partial charge in [0.05, 0.1) is 15.9 Å². The monoisotopic (exact) mass is 318 g/mol. The molecule has 0 aliphatic heterocycles. The minimum Gasteiger partial charge on any atom is -0.370 e. The lowest BCUT2D eigenvalue weighted by Gasteiger charge is -2.21. The number of non-ortho nitro benzene ring substituents is 1. The van der Waals surface area contributed by atoms with Crippen molar-refractivity contribution in [2.24, 2.45) is 0 Å². The van der Waals surface area contributed by atoms with Gasteiger partial charge in [0.25, 0.3) is 5.69 Å². The molecular formula is C18H14N4O2. The highest BCUT2D eigenvalue weighted by molar-refractivity contribution is 6.03. The van der Waals surface area contributed by atoms with E-state index in [0.717, 1.165) is 11.3 Å². The van der Waals surface area contributed by atoms with Gasteiger partial charge in [-0.3, -0.25) is 15.1 Å². The number of hydrogen-bond acceptors (Lipinski definition) is 5. The van der Waals surface area contributed by atoms with Crippen molar-refractivity contribution in [3.8, 4) is 6.07 Å². The van der Waals surface area contributed by atoms with Crippen molar-refractivity contribution in [3.63, 3.8) is 0 Å². The average Bonchev–Trinajstić information content (AvgIpc) is 2.60. The van der Waals surface area contributed by atoms with E-state index in [-0.39, 0.29) is 5.69 Å². The van der Waals surface area contributed by atoms with Crippen LogP contribution in [0.15, 0.2) is 54.9 Å². The maximum absolute atomic E-state index is 11.3. The third-order valence-corrected chi connectivity index (χ3v) is 3.89. The van der Waals surface area contributed by atoms with Gasteiger partial charge in [-0.25, -0.2) is 0 Å². The van der Waals surface area contributed by atoms with E-state index in [4.69, 9.17) is 0 Å². The van der Waals surface area contributed by atoms with Gasteiger partial charge in [0.15, 0.2) is 0 Å². The molecule has 0 radical (unpaired) electrons. The quantitative estimate of drug-likeness (QED) is 0.541. The minimum absolute atomic E-state index is 0.0526. The van der Waals surface area contributed by atoms with Gasteiger partial charge in [0, 0.05) is 43.1 Å². The number of hydrogen-bond donors (Lipinski definition) is 0. The SMILES string of the molecule is CN(Cc1ccncc1)c1ccc([N+](=O)[O-])c2c(C#N)cccc12. The Morgan fingerprint density at radius 1 is 1.21 bits per heavy atom. The van der Waals surface area contributed by atoms with E-state index < -0.39 is 4.92 Å². The fourth-order valence-corrected chi connectivity index (χ4v) is 2.80. The van der Waals surface area contributed by atoms with Crippen molar-refractivity contribution >= 4 is 22.1 Å². The van der Waals surface area contributed by atoms with Crippen molar-refractivity contribution < 1.29 is 4.92 Å². The summed E-state index contributed by atoms with van der Waals surface area (Å²) in [4.78, 5) is 16.9. The first-order valence-electron chi connectivity index (χ1n) is 7.32. The first-order chi connectivity index (χ1) is 11.6. The normalized spacial score (nSPS) is 10.3. The molecule has 0 saturated heterocycles. The number of nitro benzene ring substituents is 1. The summed E-state index contributed by atoms with van der Waals surface area (Å²) in [6, 6.07) is 14.2. The maximum atomic E-state index is 11.3. The Hall–Kier alpha value is -3.46. The number of nitrogens with zero attached hydrogens (tertiary/aromatic N) is 4. The van der Waals surface area contributed by atoms with Gasteiger partial charge in [0.1, 0.15) is 6.07 Å². The largest absolute Gasteiger partial charge is 0.370 e. The van der Waals surface area contributed by atoms with E-state index in [1.54, 1.807) is 30.6 Å². The van der Waals surface area contributed by atoms with Gasteiger partial charge >= 0.3 is 0 Å². The van der Waals surface area contributed by atoms with Crippen molar-refractivity contribution in [3.05, 3.63) is 76.1 Å². The van der Waals surface area contributed by atoms with Crippen LogP contribution in [0.5, 0.6) is 0 Å². The second-order valence-electron chi connectivity index (χ2n) is 5.41. The van der Waals surface area contributed by atoms with Gasteiger partial charge in [-0.15, -0.1) is 0 Å². The Kier molecular flexibility index (Phi) is 4.08. The second-order valence-corrected chi connectivity index (χ2v) is 5.41. The van der Waals surface area contributed by atoms with Gasteiger partial charge in [-0.2, -0.15) is 5.26 Å². The molecule has 0 fully saturated rings. The topological polar surface area (TPSA) is 83.1 Å². The summed E-state index contributed by atoms with van der Waals surface area (Å²) < 4.78 is 0. The van der Waals surface area contributed by atoms with Crippen molar-refractivity contribution in [2.45, 2.75) is 6.54 Å². The molecule has 6 heteroatoms. The van der Waals surface area contributed by atoms with Gasteiger partial charge in [0.2, 0.25) is 0 Å². The summed E-state index contributed by atoms with van der Waals surface area (Å²) in [5.74, 6) is 0. The van der Waals surface area contributed by atoms with Gasteiger partial charge in [-0.1, -0.05) is 12.1 Å². The molecule has 0 bridgehead atoms. The molecule has 0 unspecified atom stereocenters. The number of rotatable bonds is 4. The zero-order valence-electron chi connectivity index (χ0n) is 13.0. The molecular weight excluding hydrogens is 304 g/mol. The highest BCUT2D eigenvalue weighted by Gasteiger charge is 2.19. The van der Waals surface area contributed by atoms with Crippen LogP contribution in [0.1, 0.15) is 11.1 Å². The average molecular weight is 318 g/mol. The molecule has 118 valence electrons. The number of nitro groups is 1. The molecule has 0 aliphatic carbocycles. The molecule has 0 N–H and O–H groups in total. The lowest BCUT2D eigenvalue weighted by molar-refractivity contribution is -0.383. The summed E-state index contributed by atoms with van der Waals surface area (Å²) >= 11 is 0. The first kappa shape index (κ1) is 15.4. The van der Waals surface area contributed by atoms with Crippen LogP contribution in [0, 0.1) is 21.4 Å². The Bertz CT molecular complexity index is 948. The summed E-state index contributed by atoms with van der Waals surface area (Å²) in [6.07, 6.45) is 3.45. The molecule has 6 nitrogen and oxygen atoms in total. The molecule has 2 aromatic carbocycles. The van der Waals surface area contributed by atoms with E-state index in [2.05, 4.69) is 4.98 Å². The Labute approximate surface area is 138 Å². The minimum atomic E-state index is -0.449. The molecule has 24 heavy (non-hydrogen) atoms. The first-order valence-corrected chi connectivity index (χ1v) is 7.32. The number of anilines is 1. The summed E-state index contributed by atoms with van der Waals surface area (Å²) in [6.45, 7) is 0.631.